The van der Waals surface area contributed by atoms with Crippen LogP contribution < -0.4 is 10.6 Å². The molecule has 1 saturated heterocycles. The number of rotatable bonds is 7. The summed E-state index contributed by atoms with van der Waals surface area (Å²) in [5, 5.41) is 6.30. The van der Waals surface area contributed by atoms with Crippen LogP contribution in [0.15, 0.2) is 24.3 Å². The van der Waals surface area contributed by atoms with E-state index in [1.807, 2.05) is 29.2 Å². The molecule has 0 spiro atoms. The number of hydrogen-bond donors (Lipinski definition) is 2. The van der Waals surface area contributed by atoms with Gasteiger partial charge < -0.3 is 15.5 Å². The average molecular weight is 357 g/mol. The van der Waals surface area contributed by atoms with Crippen molar-refractivity contribution < 1.29 is 9.59 Å². The molecule has 2 fully saturated rings. The highest BCUT2D eigenvalue weighted by atomic mass is 16.2. The van der Waals surface area contributed by atoms with Crippen LogP contribution in [0.2, 0.25) is 0 Å². The molecule has 0 unspecified atom stereocenters. The molecule has 0 radical (unpaired) electrons. The van der Waals surface area contributed by atoms with Gasteiger partial charge in [0.1, 0.15) is 0 Å². The van der Waals surface area contributed by atoms with Crippen molar-refractivity contribution >= 4 is 17.5 Å². The van der Waals surface area contributed by atoms with Crippen LogP contribution in [0, 0.1) is 0 Å². The summed E-state index contributed by atoms with van der Waals surface area (Å²) in [6.45, 7) is 2.15. The lowest BCUT2D eigenvalue weighted by atomic mass is 9.95. The second-order valence-corrected chi connectivity index (χ2v) is 7.54. The fraction of sp³-hybridized carbons (Fsp3) is 0.619. The number of carbonyl (C=O) groups is 2. The summed E-state index contributed by atoms with van der Waals surface area (Å²) in [4.78, 5) is 26.1. The number of carbonyl (C=O) groups excluding carboxylic acids is 2. The minimum atomic E-state index is 0.0668. The summed E-state index contributed by atoms with van der Waals surface area (Å²) in [5.41, 5.74) is 2.10. The highest BCUT2D eigenvalue weighted by Gasteiger charge is 2.17. The van der Waals surface area contributed by atoms with E-state index < -0.39 is 0 Å². The van der Waals surface area contributed by atoms with Crippen molar-refractivity contribution in [2.45, 2.75) is 63.8 Å². The Hall–Kier alpha value is -2.04. The van der Waals surface area contributed by atoms with Gasteiger partial charge >= 0.3 is 0 Å². The van der Waals surface area contributed by atoms with E-state index in [-0.39, 0.29) is 11.8 Å². The normalized spacial score (nSPS) is 17.9. The summed E-state index contributed by atoms with van der Waals surface area (Å²) in [6, 6.07) is 8.42. The number of nitrogens with zero attached hydrogens (tertiary/aromatic N) is 1. The molecular formula is C21H31N3O2. The molecule has 1 aliphatic heterocycles. The van der Waals surface area contributed by atoms with Gasteiger partial charge in [-0.05, 0) is 49.8 Å². The molecule has 2 N–H and O–H groups in total. The molecule has 1 saturated carbocycles. The molecule has 3 rings (SSSR count). The topological polar surface area (TPSA) is 61.4 Å². The van der Waals surface area contributed by atoms with Crippen molar-refractivity contribution in [2.24, 2.45) is 0 Å². The van der Waals surface area contributed by atoms with Gasteiger partial charge in [-0.3, -0.25) is 9.59 Å². The Balaban J connectivity index is 1.36. The van der Waals surface area contributed by atoms with Crippen LogP contribution in [0.4, 0.5) is 5.69 Å². The molecule has 5 nitrogen and oxygen atoms in total. The summed E-state index contributed by atoms with van der Waals surface area (Å²) in [7, 11) is 0. The highest BCUT2D eigenvalue weighted by Crippen LogP contribution is 2.17. The van der Waals surface area contributed by atoms with Crippen molar-refractivity contribution in [1.82, 2.24) is 10.2 Å². The maximum Gasteiger partial charge on any atom is 0.239 e. The Morgan fingerprint density at radius 1 is 0.962 bits per heavy atom. The van der Waals surface area contributed by atoms with Crippen molar-refractivity contribution in [2.75, 3.05) is 25.0 Å². The van der Waals surface area contributed by atoms with E-state index in [1.54, 1.807) is 0 Å². The van der Waals surface area contributed by atoms with Gasteiger partial charge in [0.25, 0.3) is 0 Å². The molecule has 0 atom stereocenters. The molecule has 1 aliphatic carbocycles. The minimum absolute atomic E-state index is 0.0668. The molecule has 0 aromatic heterocycles. The first-order valence-corrected chi connectivity index (χ1v) is 10.1. The number of nitrogens with one attached hydrogen (secondary N) is 2. The monoisotopic (exact) mass is 357 g/mol. The molecule has 26 heavy (non-hydrogen) atoms. The molecule has 2 aliphatic rings. The van der Waals surface area contributed by atoms with Crippen molar-refractivity contribution in [1.29, 1.82) is 0 Å². The second-order valence-electron chi connectivity index (χ2n) is 7.54. The maximum atomic E-state index is 12.1. The molecule has 1 aromatic rings. The van der Waals surface area contributed by atoms with Gasteiger partial charge in [-0.15, -0.1) is 0 Å². The third kappa shape index (κ3) is 5.75. The van der Waals surface area contributed by atoms with Gasteiger partial charge in [-0.2, -0.15) is 0 Å². The Labute approximate surface area is 156 Å². The summed E-state index contributed by atoms with van der Waals surface area (Å²) in [5.74, 6) is 0.335. The van der Waals surface area contributed by atoms with Gasteiger partial charge in [0, 0.05) is 31.2 Å². The van der Waals surface area contributed by atoms with Crippen LogP contribution in [-0.2, 0) is 16.0 Å². The SMILES string of the molecule is O=C(CNc1ccc(CCC(=O)N2CCCC2)cc1)NC1CCCCC1. The minimum Gasteiger partial charge on any atom is -0.376 e. The van der Waals surface area contributed by atoms with Crippen LogP contribution in [0.5, 0.6) is 0 Å². The summed E-state index contributed by atoms with van der Waals surface area (Å²) >= 11 is 0. The lowest BCUT2D eigenvalue weighted by Crippen LogP contribution is -2.39. The number of hydrogen-bond acceptors (Lipinski definition) is 3. The number of likely N-dealkylation sites (tertiary alicyclic amines) is 1. The Morgan fingerprint density at radius 3 is 2.35 bits per heavy atom. The summed E-state index contributed by atoms with van der Waals surface area (Å²) in [6.07, 6.45) is 9.59. The molecule has 1 aromatic carbocycles. The van der Waals surface area contributed by atoms with Crippen LogP contribution in [-0.4, -0.2) is 42.4 Å². The van der Waals surface area contributed by atoms with E-state index in [0.29, 0.717) is 19.0 Å². The first-order chi connectivity index (χ1) is 12.7. The first kappa shape index (κ1) is 18.7. The zero-order chi connectivity index (χ0) is 18.2. The molecule has 142 valence electrons. The second kappa shape index (κ2) is 9.60. The molecule has 2 amide bonds. The van der Waals surface area contributed by atoms with Crippen molar-refractivity contribution in [3.05, 3.63) is 29.8 Å². The van der Waals surface area contributed by atoms with Gasteiger partial charge in [-0.25, -0.2) is 0 Å². The summed E-state index contributed by atoms with van der Waals surface area (Å²) < 4.78 is 0. The Kier molecular flexibility index (Phi) is 6.92. The van der Waals surface area contributed by atoms with E-state index in [9.17, 15) is 9.59 Å². The van der Waals surface area contributed by atoms with E-state index in [0.717, 1.165) is 56.4 Å². The van der Waals surface area contributed by atoms with E-state index in [1.165, 1.54) is 19.3 Å². The van der Waals surface area contributed by atoms with Gasteiger partial charge in [-0.1, -0.05) is 31.4 Å². The van der Waals surface area contributed by atoms with Crippen LogP contribution in [0.3, 0.4) is 0 Å². The predicted molar refractivity (Wildman–Crippen MR) is 104 cm³/mol. The molecule has 0 bridgehead atoms. The van der Waals surface area contributed by atoms with Gasteiger partial charge in [0.05, 0.1) is 6.54 Å². The van der Waals surface area contributed by atoms with Crippen molar-refractivity contribution in [3.63, 3.8) is 0 Å². The Bertz CT molecular complexity index is 588. The predicted octanol–water partition coefficient (Wildman–Crippen LogP) is 3.10. The number of anilines is 1. The quantitative estimate of drug-likeness (QED) is 0.788. The lowest BCUT2D eigenvalue weighted by Gasteiger charge is -2.22. The number of amides is 2. The third-order valence-electron chi connectivity index (χ3n) is 5.46. The fourth-order valence-electron chi connectivity index (χ4n) is 3.87. The maximum absolute atomic E-state index is 12.1. The van der Waals surface area contributed by atoms with E-state index in [2.05, 4.69) is 10.6 Å². The first-order valence-electron chi connectivity index (χ1n) is 10.1. The standard InChI is InChI=1S/C21H31N3O2/c25-20(23-19-6-2-1-3-7-19)16-22-18-11-8-17(9-12-18)10-13-21(26)24-14-4-5-15-24/h8-9,11-12,19,22H,1-7,10,13-16H2,(H,23,25). The van der Waals surface area contributed by atoms with E-state index in [4.69, 9.17) is 0 Å². The van der Waals surface area contributed by atoms with Crippen LogP contribution in [0.25, 0.3) is 0 Å². The zero-order valence-corrected chi connectivity index (χ0v) is 15.6. The number of benzene rings is 1. The lowest BCUT2D eigenvalue weighted by molar-refractivity contribution is -0.130. The molecule has 1 heterocycles. The van der Waals surface area contributed by atoms with Crippen LogP contribution >= 0.6 is 0 Å². The largest absolute Gasteiger partial charge is 0.376 e. The van der Waals surface area contributed by atoms with Crippen LogP contribution in [0.1, 0.15) is 56.9 Å². The molecular weight excluding hydrogens is 326 g/mol. The fourth-order valence-corrected chi connectivity index (χ4v) is 3.87. The molecule has 5 heteroatoms. The third-order valence-corrected chi connectivity index (χ3v) is 5.46. The highest BCUT2D eigenvalue weighted by molar-refractivity contribution is 5.81. The smallest absolute Gasteiger partial charge is 0.239 e. The van der Waals surface area contributed by atoms with Gasteiger partial charge in [0.15, 0.2) is 0 Å². The average Bonchev–Trinajstić information content (AvgIpc) is 3.21. The zero-order valence-electron chi connectivity index (χ0n) is 15.6. The van der Waals surface area contributed by atoms with Gasteiger partial charge in [0.2, 0.25) is 11.8 Å². The van der Waals surface area contributed by atoms with E-state index >= 15 is 0 Å². The number of aryl methyl sites for hydroxylation is 1. The Morgan fingerprint density at radius 2 is 1.65 bits per heavy atom. The van der Waals surface area contributed by atoms with Crippen molar-refractivity contribution in [3.8, 4) is 0 Å².